The van der Waals surface area contributed by atoms with Crippen molar-refractivity contribution in [2.75, 3.05) is 28.4 Å². The van der Waals surface area contributed by atoms with Crippen LogP contribution in [0.3, 0.4) is 0 Å². The van der Waals surface area contributed by atoms with Gasteiger partial charge in [0, 0.05) is 11.6 Å². The van der Waals surface area contributed by atoms with Gasteiger partial charge in [-0.1, -0.05) is 11.6 Å². The largest absolute Gasteiger partial charge is 0.496 e. The van der Waals surface area contributed by atoms with E-state index in [0.717, 1.165) is 17.7 Å². The van der Waals surface area contributed by atoms with Gasteiger partial charge in [-0.15, -0.1) is 0 Å². The first-order valence-electron chi connectivity index (χ1n) is 6.08. The number of allylic oxidation sites excluding steroid dienone is 2. The number of hydrogen-bond donors (Lipinski definition) is 0. The van der Waals surface area contributed by atoms with E-state index in [1.165, 1.54) is 5.57 Å². The Labute approximate surface area is 114 Å². The van der Waals surface area contributed by atoms with Crippen molar-refractivity contribution >= 4 is 0 Å². The fraction of sp³-hybridized carbons (Fsp3) is 0.467. The van der Waals surface area contributed by atoms with Gasteiger partial charge in [0.15, 0.2) is 11.5 Å². The first-order valence-corrected chi connectivity index (χ1v) is 6.08. The predicted molar refractivity (Wildman–Crippen MR) is 75.8 cm³/mol. The SMILES string of the molecule is COc1cc(OC)c(OC)c(OC)c1CC=C(C)C. The van der Waals surface area contributed by atoms with Crippen LogP contribution >= 0.6 is 0 Å². The van der Waals surface area contributed by atoms with Crippen LogP contribution in [0.1, 0.15) is 19.4 Å². The lowest BCUT2D eigenvalue weighted by Gasteiger charge is -2.18. The molecule has 0 radical (unpaired) electrons. The van der Waals surface area contributed by atoms with Gasteiger partial charge in [0.25, 0.3) is 0 Å². The van der Waals surface area contributed by atoms with Crippen molar-refractivity contribution in [1.29, 1.82) is 0 Å². The van der Waals surface area contributed by atoms with Crippen molar-refractivity contribution in [1.82, 2.24) is 0 Å². The van der Waals surface area contributed by atoms with E-state index in [4.69, 9.17) is 18.9 Å². The van der Waals surface area contributed by atoms with Gasteiger partial charge in [-0.2, -0.15) is 0 Å². The number of ether oxygens (including phenoxy) is 4. The molecule has 0 aliphatic heterocycles. The van der Waals surface area contributed by atoms with Gasteiger partial charge in [0.05, 0.1) is 28.4 Å². The maximum absolute atomic E-state index is 5.47. The fourth-order valence-electron chi connectivity index (χ4n) is 1.87. The minimum absolute atomic E-state index is 0.586. The van der Waals surface area contributed by atoms with E-state index in [2.05, 4.69) is 19.9 Å². The monoisotopic (exact) mass is 266 g/mol. The normalized spacial score (nSPS) is 9.79. The second kappa shape index (κ2) is 6.92. The first kappa shape index (κ1) is 15.2. The molecular formula is C15H22O4. The molecular weight excluding hydrogens is 244 g/mol. The maximum atomic E-state index is 5.47. The van der Waals surface area contributed by atoms with Gasteiger partial charge in [-0.05, 0) is 20.3 Å². The lowest BCUT2D eigenvalue weighted by Crippen LogP contribution is -2.01. The number of rotatable bonds is 6. The summed E-state index contributed by atoms with van der Waals surface area (Å²) in [7, 11) is 6.43. The summed E-state index contributed by atoms with van der Waals surface area (Å²) in [6.45, 7) is 4.11. The molecule has 0 N–H and O–H groups in total. The second-order valence-corrected chi connectivity index (χ2v) is 4.31. The lowest BCUT2D eigenvalue weighted by molar-refractivity contribution is 0.315. The molecule has 4 heteroatoms. The van der Waals surface area contributed by atoms with Crippen LogP contribution in [-0.2, 0) is 6.42 Å². The zero-order valence-electron chi connectivity index (χ0n) is 12.5. The Bertz CT molecular complexity index is 460. The molecule has 0 spiro atoms. The summed E-state index contributed by atoms with van der Waals surface area (Å²) in [4.78, 5) is 0. The minimum atomic E-state index is 0.586. The molecule has 0 aliphatic carbocycles. The van der Waals surface area contributed by atoms with Gasteiger partial charge in [-0.3, -0.25) is 0 Å². The molecule has 0 atom stereocenters. The van der Waals surface area contributed by atoms with Crippen LogP contribution < -0.4 is 18.9 Å². The van der Waals surface area contributed by atoms with E-state index in [0.29, 0.717) is 17.2 Å². The van der Waals surface area contributed by atoms with Crippen LogP contribution in [0.25, 0.3) is 0 Å². The first-order chi connectivity index (χ1) is 9.08. The molecule has 0 fully saturated rings. The van der Waals surface area contributed by atoms with Crippen molar-refractivity contribution < 1.29 is 18.9 Å². The highest BCUT2D eigenvalue weighted by atomic mass is 16.5. The minimum Gasteiger partial charge on any atom is -0.496 e. The van der Waals surface area contributed by atoms with Crippen LogP contribution in [0.5, 0.6) is 23.0 Å². The van der Waals surface area contributed by atoms with E-state index < -0.39 is 0 Å². The molecule has 0 heterocycles. The van der Waals surface area contributed by atoms with Crippen molar-refractivity contribution in [3.05, 3.63) is 23.3 Å². The zero-order valence-corrected chi connectivity index (χ0v) is 12.5. The summed E-state index contributed by atoms with van der Waals surface area (Å²) >= 11 is 0. The Morgan fingerprint density at radius 3 is 1.89 bits per heavy atom. The highest BCUT2D eigenvalue weighted by Crippen LogP contribution is 2.45. The van der Waals surface area contributed by atoms with Gasteiger partial charge in [0.2, 0.25) is 5.75 Å². The van der Waals surface area contributed by atoms with Crippen molar-refractivity contribution in [3.8, 4) is 23.0 Å². The molecule has 0 saturated carbocycles. The summed E-state index contributed by atoms with van der Waals surface area (Å²) < 4.78 is 21.6. The average Bonchev–Trinajstić information content (AvgIpc) is 2.42. The van der Waals surface area contributed by atoms with Gasteiger partial charge < -0.3 is 18.9 Å². The van der Waals surface area contributed by atoms with Crippen LogP contribution in [0.2, 0.25) is 0 Å². The Morgan fingerprint density at radius 1 is 0.895 bits per heavy atom. The molecule has 1 aromatic carbocycles. The summed E-state index contributed by atoms with van der Waals surface area (Å²) in [6, 6.07) is 1.82. The number of methoxy groups -OCH3 is 4. The highest BCUT2D eigenvalue weighted by Gasteiger charge is 2.20. The van der Waals surface area contributed by atoms with Gasteiger partial charge in [0.1, 0.15) is 5.75 Å². The molecule has 0 saturated heterocycles. The van der Waals surface area contributed by atoms with Crippen molar-refractivity contribution in [2.24, 2.45) is 0 Å². The third kappa shape index (κ3) is 3.34. The summed E-state index contributed by atoms with van der Waals surface area (Å²) in [6.07, 6.45) is 2.83. The summed E-state index contributed by atoms with van der Waals surface area (Å²) in [5, 5.41) is 0. The smallest absolute Gasteiger partial charge is 0.203 e. The third-order valence-corrected chi connectivity index (χ3v) is 2.83. The van der Waals surface area contributed by atoms with Crippen molar-refractivity contribution in [3.63, 3.8) is 0 Å². The number of benzene rings is 1. The lowest BCUT2D eigenvalue weighted by atomic mass is 10.1. The van der Waals surface area contributed by atoms with E-state index in [9.17, 15) is 0 Å². The second-order valence-electron chi connectivity index (χ2n) is 4.31. The average molecular weight is 266 g/mol. The van der Waals surface area contributed by atoms with Gasteiger partial charge >= 0.3 is 0 Å². The predicted octanol–water partition coefficient (Wildman–Crippen LogP) is 3.23. The van der Waals surface area contributed by atoms with Crippen LogP contribution in [0.4, 0.5) is 0 Å². The molecule has 19 heavy (non-hydrogen) atoms. The van der Waals surface area contributed by atoms with Gasteiger partial charge in [-0.25, -0.2) is 0 Å². The van der Waals surface area contributed by atoms with Crippen LogP contribution in [0, 0.1) is 0 Å². The Morgan fingerprint density at radius 2 is 1.47 bits per heavy atom. The Hall–Kier alpha value is -1.84. The van der Waals surface area contributed by atoms with E-state index in [1.807, 2.05) is 6.07 Å². The molecule has 106 valence electrons. The molecule has 0 unspecified atom stereocenters. The van der Waals surface area contributed by atoms with Crippen LogP contribution in [-0.4, -0.2) is 28.4 Å². The Balaban J connectivity index is 3.44. The quantitative estimate of drug-likeness (QED) is 0.741. The molecule has 1 rings (SSSR count). The topological polar surface area (TPSA) is 36.9 Å². The molecule has 0 amide bonds. The molecule has 0 aromatic heterocycles. The Kier molecular flexibility index (Phi) is 5.55. The van der Waals surface area contributed by atoms with Crippen LogP contribution in [0.15, 0.2) is 17.7 Å². The maximum Gasteiger partial charge on any atom is 0.203 e. The summed E-state index contributed by atoms with van der Waals surface area (Å²) in [5.41, 5.74) is 2.18. The third-order valence-electron chi connectivity index (χ3n) is 2.83. The van der Waals surface area contributed by atoms with Crippen molar-refractivity contribution in [2.45, 2.75) is 20.3 Å². The molecule has 1 aromatic rings. The standard InChI is InChI=1S/C15H22O4/c1-10(2)7-8-11-12(16-3)9-13(17-4)15(19-6)14(11)18-5/h7,9H,8H2,1-6H3. The molecule has 0 bridgehead atoms. The summed E-state index contributed by atoms with van der Waals surface area (Å²) in [5.74, 6) is 2.56. The fourth-order valence-corrected chi connectivity index (χ4v) is 1.87. The highest BCUT2D eigenvalue weighted by molar-refractivity contribution is 5.62. The molecule has 0 aliphatic rings. The molecule has 4 nitrogen and oxygen atoms in total. The van der Waals surface area contributed by atoms with E-state index >= 15 is 0 Å². The van der Waals surface area contributed by atoms with E-state index in [1.54, 1.807) is 28.4 Å². The van der Waals surface area contributed by atoms with E-state index in [-0.39, 0.29) is 0 Å². The number of hydrogen-bond acceptors (Lipinski definition) is 4. The zero-order chi connectivity index (χ0) is 14.4.